The predicted octanol–water partition coefficient (Wildman–Crippen LogP) is 3.02. The van der Waals surface area contributed by atoms with Gasteiger partial charge in [0.15, 0.2) is 11.5 Å². The molecular formula is C18H15F3N2O5. The van der Waals surface area contributed by atoms with Crippen LogP contribution < -0.4 is 19.5 Å². The molecule has 1 heterocycles. The van der Waals surface area contributed by atoms with Crippen molar-refractivity contribution >= 4 is 17.5 Å². The highest BCUT2D eigenvalue weighted by Crippen LogP contribution is 2.32. The first-order chi connectivity index (χ1) is 13.2. The van der Waals surface area contributed by atoms with Gasteiger partial charge in [0.25, 0.3) is 5.91 Å². The van der Waals surface area contributed by atoms with Crippen molar-refractivity contribution in [1.82, 2.24) is 4.90 Å². The summed E-state index contributed by atoms with van der Waals surface area (Å²) in [6.07, 6.45) is -4.79. The lowest BCUT2D eigenvalue weighted by atomic mass is 10.2. The van der Waals surface area contributed by atoms with Gasteiger partial charge in [0.2, 0.25) is 12.7 Å². The minimum atomic E-state index is -4.79. The number of anilines is 1. The van der Waals surface area contributed by atoms with Crippen molar-refractivity contribution in [2.24, 2.45) is 0 Å². The Hall–Kier alpha value is -3.43. The average Bonchev–Trinajstić information content (AvgIpc) is 3.09. The zero-order valence-corrected chi connectivity index (χ0v) is 14.6. The zero-order chi connectivity index (χ0) is 20.3. The molecular weight excluding hydrogens is 381 g/mol. The smallest absolute Gasteiger partial charge is 0.454 e. The second-order valence-electron chi connectivity index (χ2n) is 5.85. The summed E-state index contributed by atoms with van der Waals surface area (Å²) in [7, 11) is 1.45. The minimum absolute atomic E-state index is 0.0814. The molecule has 3 rings (SSSR count). The molecule has 0 unspecified atom stereocenters. The molecule has 2 aromatic rings. The van der Waals surface area contributed by atoms with E-state index in [-0.39, 0.29) is 19.0 Å². The molecule has 0 radical (unpaired) electrons. The van der Waals surface area contributed by atoms with E-state index in [0.717, 1.165) is 12.1 Å². The summed E-state index contributed by atoms with van der Waals surface area (Å²) in [5, 5.41) is 2.50. The maximum absolute atomic E-state index is 12.4. The first kappa shape index (κ1) is 19.3. The Morgan fingerprint density at radius 3 is 2.46 bits per heavy atom. The Bertz CT molecular complexity index is 884. The van der Waals surface area contributed by atoms with Gasteiger partial charge >= 0.3 is 6.36 Å². The molecule has 7 nitrogen and oxygen atoms in total. The van der Waals surface area contributed by atoms with Crippen LogP contribution in [0.5, 0.6) is 17.2 Å². The Labute approximate surface area is 157 Å². The molecule has 0 aromatic heterocycles. The van der Waals surface area contributed by atoms with Crippen molar-refractivity contribution in [3.63, 3.8) is 0 Å². The van der Waals surface area contributed by atoms with E-state index in [0.29, 0.717) is 17.1 Å². The normalized spacial score (nSPS) is 12.4. The second-order valence-corrected chi connectivity index (χ2v) is 5.85. The fraction of sp³-hybridized carbons (Fsp3) is 0.222. The van der Waals surface area contributed by atoms with Crippen LogP contribution in [0.4, 0.5) is 18.9 Å². The Morgan fingerprint density at radius 1 is 1.11 bits per heavy atom. The first-order valence-electron chi connectivity index (χ1n) is 8.02. The molecule has 0 fully saturated rings. The topological polar surface area (TPSA) is 77.1 Å². The van der Waals surface area contributed by atoms with E-state index in [1.807, 2.05) is 0 Å². The maximum Gasteiger partial charge on any atom is 0.573 e. The van der Waals surface area contributed by atoms with Crippen molar-refractivity contribution in [2.75, 3.05) is 25.7 Å². The van der Waals surface area contributed by atoms with E-state index >= 15 is 0 Å². The molecule has 0 bridgehead atoms. The molecule has 2 amide bonds. The number of fused-ring (bicyclic) bond motifs is 1. The van der Waals surface area contributed by atoms with Crippen molar-refractivity contribution in [1.29, 1.82) is 0 Å². The lowest BCUT2D eigenvalue weighted by molar-refractivity contribution is -0.274. The van der Waals surface area contributed by atoms with Gasteiger partial charge in [-0.15, -0.1) is 13.2 Å². The number of nitrogens with one attached hydrogen (secondary N) is 1. The molecule has 10 heteroatoms. The van der Waals surface area contributed by atoms with Gasteiger partial charge in [0.1, 0.15) is 5.75 Å². The summed E-state index contributed by atoms with van der Waals surface area (Å²) in [4.78, 5) is 25.7. The first-order valence-corrected chi connectivity index (χ1v) is 8.02. The second kappa shape index (κ2) is 7.67. The van der Waals surface area contributed by atoms with Crippen LogP contribution in [0.25, 0.3) is 0 Å². The van der Waals surface area contributed by atoms with Crippen LogP contribution in [0.3, 0.4) is 0 Å². The van der Waals surface area contributed by atoms with Crippen LogP contribution in [0.15, 0.2) is 42.5 Å². The van der Waals surface area contributed by atoms with Crippen molar-refractivity contribution in [2.45, 2.75) is 6.36 Å². The molecule has 0 aliphatic carbocycles. The number of benzene rings is 2. The highest BCUT2D eigenvalue weighted by atomic mass is 19.4. The number of ether oxygens (including phenoxy) is 3. The van der Waals surface area contributed by atoms with E-state index in [4.69, 9.17) is 9.47 Å². The van der Waals surface area contributed by atoms with Gasteiger partial charge in [-0.2, -0.15) is 0 Å². The van der Waals surface area contributed by atoms with Gasteiger partial charge < -0.3 is 24.4 Å². The number of alkyl halides is 3. The molecule has 1 aliphatic rings. The van der Waals surface area contributed by atoms with Crippen molar-refractivity contribution in [3.05, 3.63) is 48.0 Å². The number of hydrogen-bond acceptors (Lipinski definition) is 5. The third kappa shape index (κ3) is 4.84. The van der Waals surface area contributed by atoms with Crippen LogP contribution in [0, 0.1) is 0 Å². The molecule has 2 aromatic carbocycles. The molecule has 0 saturated heterocycles. The summed E-state index contributed by atoms with van der Waals surface area (Å²) in [5.41, 5.74) is 0.594. The Balaban J connectivity index is 1.56. The van der Waals surface area contributed by atoms with Gasteiger partial charge in [-0.1, -0.05) is 0 Å². The van der Waals surface area contributed by atoms with Gasteiger partial charge in [-0.05, 0) is 42.5 Å². The third-order valence-electron chi connectivity index (χ3n) is 3.72. The standard InChI is InChI=1S/C18H15F3N2O5/c1-23(17(25)11-2-7-14-15(8-11)27-10-26-14)9-16(24)22-12-3-5-13(6-4-12)28-18(19,20)21/h2-8H,9-10H2,1H3,(H,22,24). The van der Waals surface area contributed by atoms with Crippen LogP contribution in [0.1, 0.15) is 10.4 Å². The highest BCUT2D eigenvalue weighted by molar-refractivity contribution is 5.99. The van der Waals surface area contributed by atoms with Crippen molar-refractivity contribution in [3.8, 4) is 17.2 Å². The van der Waals surface area contributed by atoms with Crippen LogP contribution >= 0.6 is 0 Å². The van der Waals surface area contributed by atoms with Gasteiger partial charge in [0.05, 0.1) is 6.54 Å². The monoisotopic (exact) mass is 396 g/mol. The number of rotatable bonds is 5. The highest BCUT2D eigenvalue weighted by Gasteiger charge is 2.31. The van der Waals surface area contributed by atoms with Crippen LogP contribution in [0.2, 0.25) is 0 Å². The van der Waals surface area contributed by atoms with Crippen LogP contribution in [-0.2, 0) is 4.79 Å². The van der Waals surface area contributed by atoms with Gasteiger partial charge in [0, 0.05) is 18.3 Å². The quantitative estimate of drug-likeness (QED) is 0.841. The SMILES string of the molecule is CN(CC(=O)Nc1ccc(OC(F)(F)F)cc1)C(=O)c1ccc2c(c1)OCO2. The zero-order valence-electron chi connectivity index (χ0n) is 14.6. The molecule has 0 atom stereocenters. The fourth-order valence-corrected chi connectivity index (χ4v) is 2.48. The van der Waals surface area contributed by atoms with Gasteiger partial charge in [-0.3, -0.25) is 9.59 Å². The number of hydrogen-bond donors (Lipinski definition) is 1. The third-order valence-corrected chi connectivity index (χ3v) is 3.72. The van der Waals surface area contributed by atoms with E-state index in [2.05, 4.69) is 10.1 Å². The average molecular weight is 396 g/mol. The van der Waals surface area contributed by atoms with E-state index < -0.39 is 23.9 Å². The number of nitrogens with zero attached hydrogens (tertiary/aromatic N) is 1. The molecule has 0 saturated carbocycles. The summed E-state index contributed by atoms with van der Waals surface area (Å²) in [6, 6.07) is 9.36. The minimum Gasteiger partial charge on any atom is -0.454 e. The summed E-state index contributed by atoms with van der Waals surface area (Å²) < 4.78 is 50.6. The number of amides is 2. The molecule has 1 N–H and O–H groups in total. The number of likely N-dealkylation sites (N-methyl/N-ethyl adjacent to an activating group) is 1. The lowest BCUT2D eigenvalue weighted by Gasteiger charge is -2.17. The Kier molecular flexibility index (Phi) is 5.30. The maximum atomic E-state index is 12.4. The summed E-state index contributed by atoms with van der Waals surface area (Å²) >= 11 is 0. The summed E-state index contributed by atoms with van der Waals surface area (Å²) in [5.74, 6) is -0.330. The van der Waals surface area contributed by atoms with Crippen molar-refractivity contribution < 1.29 is 37.0 Å². The van der Waals surface area contributed by atoms with E-state index in [1.54, 1.807) is 12.1 Å². The van der Waals surface area contributed by atoms with Crippen LogP contribution in [-0.4, -0.2) is 43.5 Å². The Morgan fingerprint density at radius 2 is 1.79 bits per heavy atom. The molecule has 1 aliphatic heterocycles. The largest absolute Gasteiger partial charge is 0.573 e. The number of carbonyl (C=O) groups excluding carboxylic acids is 2. The molecule has 28 heavy (non-hydrogen) atoms. The van der Waals surface area contributed by atoms with Gasteiger partial charge in [-0.25, -0.2) is 0 Å². The molecule has 148 valence electrons. The molecule has 0 spiro atoms. The predicted molar refractivity (Wildman–Crippen MR) is 91.3 cm³/mol. The lowest BCUT2D eigenvalue weighted by Crippen LogP contribution is -2.34. The van der Waals surface area contributed by atoms with E-state index in [9.17, 15) is 22.8 Å². The number of carbonyl (C=O) groups is 2. The fourth-order valence-electron chi connectivity index (χ4n) is 2.48. The number of halogens is 3. The summed E-state index contributed by atoms with van der Waals surface area (Å²) in [6.45, 7) is -0.175. The van der Waals surface area contributed by atoms with E-state index in [1.165, 1.54) is 30.1 Å².